The van der Waals surface area contributed by atoms with Crippen molar-refractivity contribution in [3.63, 3.8) is 0 Å². The highest BCUT2D eigenvalue weighted by molar-refractivity contribution is 6.20. The zero-order valence-electron chi connectivity index (χ0n) is 21.1. The van der Waals surface area contributed by atoms with Crippen molar-refractivity contribution in [1.82, 2.24) is 14.7 Å². The Kier molecular flexibility index (Phi) is 8.34. The number of carbonyl (C=O) groups excluding carboxylic acids is 3. The Morgan fingerprint density at radius 2 is 1.56 bits per heavy atom. The lowest BCUT2D eigenvalue weighted by atomic mass is 9.97. The largest absolute Gasteiger partial charge is 0.508 e. The van der Waals surface area contributed by atoms with Crippen LogP contribution >= 0.6 is 0 Å². The van der Waals surface area contributed by atoms with E-state index < -0.39 is 22.9 Å². The molecule has 180 valence electrons. The summed E-state index contributed by atoms with van der Waals surface area (Å²) in [5, 5.41) is 10.3. The Bertz CT molecular complexity index is 800. The molecule has 32 heavy (non-hydrogen) atoms. The average Bonchev–Trinajstić information content (AvgIpc) is 2.65. The molecular formula is C24H39N3O5. The fourth-order valence-corrected chi connectivity index (χ4v) is 2.83. The van der Waals surface area contributed by atoms with Gasteiger partial charge in [0.2, 0.25) is 0 Å². The smallest absolute Gasteiger partial charge is 0.311 e. The van der Waals surface area contributed by atoms with Gasteiger partial charge in [0.05, 0.1) is 12.0 Å². The first-order valence-electron chi connectivity index (χ1n) is 10.7. The number of aliphatic hydroxyl groups is 1. The summed E-state index contributed by atoms with van der Waals surface area (Å²) in [5.74, 6) is -1.37. The van der Waals surface area contributed by atoms with Gasteiger partial charge in [0.25, 0.3) is 11.8 Å². The molecule has 0 unspecified atom stereocenters. The molecule has 8 nitrogen and oxygen atoms in total. The molecule has 0 aliphatic carbocycles. The number of hydrogen-bond donors (Lipinski definition) is 1. The molecule has 0 saturated carbocycles. The van der Waals surface area contributed by atoms with Crippen LogP contribution in [0, 0.1) is 5.41 Å². The summed E-state index contributed by atoms with van der Waals surface area (Å²) in [7, 11) is 3.24. The van der Waals surface area contributed by atoms with Crippen LogP contribution in [-0.2, 0) is 19.1 Å². The number of allylic oxidation sites excluding steroid dienone is 3. The predicted molar refractivity (Wildman–Crippen MR) is 124 cm³/mol. The van der Waals surface area contributed by atoms with Crippen molar-refractivity contribution in [2.24, 2.45) is 5.41 Å². The van der Waals surface area contributed by atoms with Crippen molar-refractivity contribution < 1.29 is 24.2 Å². The van der Waals surface area contributed by atoms with Gasteiger partial charge >= 0.3 is 5.97 Å². The number of aliphatic hydroxyl groups excluding tert-OH is 1. The van der Waals surface area contributed by atoms with Gasteiger partial charge in [-0.1, -0.05) is 0 Å². The zero-order chi connectivity index (χ0) is 25.1. The molecular weight excluding hydrogens is 410 g/mol. The van der Waals surface area contributed by atoms with Gasteiger partial charge in [-0.15, -0.1) is 0 Å². The maximum Gasteiger partial charge on any atom is 0.311 e. The lowest BCUT2D eigenvalue weighted by Crippen LogP contribution is -2.63. The van der Waals surface area contributed by atoms with Crippen LogP contribution in [0.15, 0.2) is 35.8 Å². The molecule has 0 bridgehead atoms. The van der Waals surface area contributed by atoms with E-state index in [2.05, 4.69) is 0 Å². The van der Waals surface area contributed by atoms with Crippen LogP contribution in [0.5, 0.6) is 0 Å². The van der Waals surface area contributed by atoms with E-state index in [1.165, 1.54) is 22.0 Å². The van der Waals surface area contributed by atoms with Gasteiger partial charge in [-0.2, -0.15) is 0 Å². The van der Waals surface area contributed by atoms with Gasteiger partial charge in [-0.3, -0.25) is 14.4 Å². The average molecular weight is 450 g/mol. The quantitative estimate of drug-likeness (QED) is 0.220. The van der Waals surface area contributed by atoms with Crippen LogP contribution in [0.1, 0.15) is 55.4 Å². The first-order chi connectivity index (χ1) is 14.4. The van der Waals surface area contributed by atoms with Crippen molar-refractivity contribution in [2.75, 3.05) is 27.2 Å². The van der Waals surface area contributed by atoms with E-state index >= 15 is 0 Å². The summed E-state index contributed by atoms with van der Waals surface area (Å²) in [6.45, 7) is 15.7. The molecule has 0 atom stereocenters. The van der Waals surface area contributed by atoms with E-state index in [4.69, 9.17) is 4.74 Å². The summed E-state index contributed by atoms with van der Waals surface area (Å²) in [5.41, 5.74) is -1.67. The Morgan fingerprint density at radius 1 is 1.06 bits per heavy atom. The van der Waals surface area contributed by atoms with Crippen LogP contribution < -0.4 is 0 Å². The van der Waals surface area contributed by atoms with E-state index in [1.54, 1.807) is 61.0 Å². The topological polar surface area (TPSA) is 90.4 Å². The maximum absolute atomic E-state index is 12.6. The second-order valence-corrected chi connectivity index (χ2v) is 10.5. The molecule has 0 radical (unpaired) electrons. The Labute approximate surface area is 192 Å². The first-order valence-corrected chi connectivity index (χ1v) is 10.7. The van der Waals surface area contributed by atoms with Gasteiger partial charge in [0.1, 0.15) is 23.6 Å². The highest BCUT2D eigenvalue weighted by atomic mass is 16.5. The number of carbonyl (C=O) groups is 3. The third-order valence-electron chi connectivity index (χ3n) is 5.58. The minimum atomic E-state index is -0.756. The number of likely N-dealkylation sites (N-methyl/N-ethyl adjacent to an activating group) is 2. The van der Waals surface area contributed by atoms with Crippen LogP contribution in [0.25, 0.3) is 0 Å². The van der Waals surface area contributed by atoms with E-state index in [1.807, 2.05) is 25.7 Å². The molecule has 0 aromatic rings. The fourth-order valence-electron chi connectivity index (χ4n) is 2.83. The minimum absolute atomic E-state index is 0.0988. The Morgan fingerprint density at radius 3 is 2.00 bits per heavy atom. The van der Waals surface area contributed by atoms with Crippen LogP contribution in [0.3, 0.4) is 0 Å². The minimum Gasteiger partial charge on any atom is -0.508 e. The van der Waals surface area contributed by atoms with Crippen LogP contribution in [0.4, 0.5) is 0 Å². The van der Waals surface area contributed by atoms with Crippen molar-refractivity contribution in [2.45, 2.75) is 66.6 Å². The number of hydrogen-bond acceptors (Lipinski definition) is 6. The highest BCUT2D eigenvalue weighted by Crippen LogP contribution is 2.27. The molecule has 1 fully saturated rings. The van der Waals surface area contributed by atoms with Gasteiger partial charge in [0, 0.05) is 19.6 Å². The molecule has 0 aromatic heterocycles. The molecule has 1 rings (SSSR count). The molecule has 2 amide bonds. The number of rotatable bonds is 6. The molecule has 1 N–H and O–H groups in total. The van der Waals surface area contributed by atoms with Gasteiger partial charge < -0.3 is 24.5 Å². The SMILES string of the molecule is CN1C(=O)C(=C/C(O)=C/C=C/N(CCOC(=O)C(C)(C)C)C(C)(C)C)C(=O)N(C)C1(C)C. The van der Waals surface area contributed by atoms with Crippen molar-refractivity contribution >= 4 is 17.8 Å². The molecule has 0 spiro atoms. The Hall–Kier alpha value is -2.77. The second kappa shape index (κ2) is 9.79. The number of nitrogens with zero attached hydrogens (tertiary/aromatic N) is 3. The third kappa shape index (κ3) is 6.61. The number of amides is 2. The standard InChI is InChI=1S/C24H39N3O5/c1-22(2,3)21(31)32-15-14-27(23(4,5)6)13-11-12-17(28)16-18-19(29)25(9)24(7,8)26(10)20(18)30/h11-13,16,28H,14-15H2,1-10H3/b13-11+,17-12-. The fraction of sp³-hybridized carbons (Fsp3) is 0.625. The summed E-state index contributed by atoms with van der Waals surface area (Å²) >= 11 is 0. The van der Waals surface area contributed by atoms with Crippen molar-refractivity contribution in [3.8, 4) is 0 Å². The first kappa shape index (κ1) is 27.3. The monoisotopic (exact) mass is 449 g/mol. The normalized spacial score (nSPS) is 17.8. The van der Waals surface area contributed by atoms with E-state index in [0.29, 0.717) is 6.54 Å². The van der Waals surface area contributed by atoms with Crippen LogP contribution in [0.2, 0.25) is 0 Å². The number of ether oxygens (including phenoxy) is 1. The van der Waals surface area contributed by atoms with Gasteiger partial charge in [-0.25, -0.2) is 0 Å². The molecule has 1 saturated heterocycles. The number of esters is 1. The summed E-state index contributed by atoms with van der Waals surface area (Å²) < 4.78 is 5.35. The highest BCUT2D eigenvalue weighted by Gasteiger charge is 2.44. The van der Waals surface area contributed by atoms with Crippen molar-refractivity contribution in [3.05, 3.63) is 35.8 Å². The molecule has 0 aromatic carbocycles. The van der Waals surface area contributed by atoms with Gasteiger partial charge in [-0.05, 0) is 79.8 Å². The lowest BCUT2D eigenvalue weighted by molar-refractivity contribution is -0.156. The zero-order valence-corrected chi connectivity index (χ0v) is 21.1. The van der Waals surface area contributed by atoms with E-state index in [0.717, 1.165) is 0 Å². The van der Waals surface area contributed by atoms with Gasteiger partial charge in [0.15, 0.2) is 0 Å². The Balaban J connectivity index is 2.95. The summed E-state index contributed by atoms with van der Waals surface area (Å²) in [4.78, 5) is 42.0. The van der Waals surface area contributed by atoms with Crippen molar-refractivity contribution in [1.29, 1.82) is 0 Å². The molecule has 8 heteroatoms. The predicted octanol–water partition coefficient (Wildman–Crippen LogP) is 3.22. The lowest BCUT2D eigenvalue weighted by Gasteiger charge is -2.47. The molecule has 1 aliphatic heterocycles. The maximum atomic E-state index is 12.6. The summed E-state index contributed by atoms with van der Waals surface area (Å²) in [6, 6.07) is 0. The van der Waals surface area contributed by atoms with E-state index in [-0.39, 0.29) is 29.4 Å². The molecule has 1 aliphatic rings. The van der Waals surface area contributed by atoms with E-state index in [9.17, 15) is 19.5 Å². The van der Waals surface area contributed by atoms with Crippen LogP contribution in [-0.4, -0.2) is 76.0 Å². The molecule has 1 heterocycles. The third-order valence-corrected chi connectivity index (χ3v) is 5.58. The summed E-state index contributed by atoms with van der Waals surface area (Å²) in [6.07, 6.45) is 5.99. The second-order valence-electron chi connectivity index (χ2n) is 10.5.